The third-order valence-electron chi connectivity index (χ3n) is 5.73. The summed E-state index contributed by atoms with van der Waals surface area (Å²) in [6.45, 7) is 3.34. The summed E-state index contributed by atoms with van der Waals surface area (Å²) in [6.07, 6.45) is 3.29. The molecule has 0 radical (unpaired) electrons. The number of aromatic nitrogens is 2. The summed E-state index contributed by atoms with van der Waals surface area (Å²) in [5.41, 5.74) is 3.33. The van der Waals surface area contributed by atoms with Gasteiger partial charge in [-0.25, -0.2) is 9.78 Å². The van der Waals surface area contributed by atoms with E-state index in [1.807, 2.05) is 31.2 Å². The Morgan fingerprint density at radius 1 is 1.22 bits per heavy atom. The number of anilines is 1. The molecule has 1 aromatic carbocycles. The first-order valence-corrected chi connectivity index (χ1v) is 10.4. The summed E-state index contributed by atoms with van der Waals surface area (Å²) >= 11 is 0. The number of furan rings is 1. The maximum atomic E-state index is 13.0. The molecule has 1 unspecified atom stereocenters. The molecule has 8 nitrogen and oxygen atoms in total. The lowest BCUT2D eigenvalue weighted by molar-refractivity contribution is -0.122. The lowest BCUT2D eigenvalue weighted by Gasteiger charge is -2.35. The van der Waals surface area contributed by atoms with E-state index in [-0.39, 0.29) is 29.8 Å². The molecule has 0 saturated carbocycles. The Bertz CT molecular complexity index is 1310. The smallest absolute Gasteiger partial charge is 0.339 e. The van der Waals surface area contributed by atoms with Gasteiger partial charge in [0.2, 0.25) is 0 Å². The third-order valence-corrected chi connectivity index (χ3v) is 5.73. The number of rotatable bonds is 4. The lowest BCUT2D eigenvalue weighted by atomic mass is 9.96. The Labute approximate surface area is 183 Å². The zero-order chi connectivity index (χ0) is 22.2. The van der Waals surface area contributed by atoms with Crippen LogP contribution in [0, 0.1) is 6.92 Å². The third kappa shape index (κ3) is 3.43. The summed E-state index contributed by atoms with van der Waals surface area (Å²) < 4.78 is 16.1. The summed E-state index contributed by atoms with van der Waals surface area (Å²) in [7, 11) is 0. The number of aryl methyl sites for hydroxylation is 2. The molecule has 0 aliphatic carbocycles. The predicted octanol–water partition coefficient (Wildman–Crippen LogP) is 4.32. The van der Waals surface area contributed by atoms with Gasteiger partial charge < -0.3 is 18.6 Å². The molecule has 1 aliphatic rings. The fourth-order valence-corrected chi connectivity index (χ4v) is 4.15. The summed E-state index contributed by atoms with van der Waals surface area (Å²) in [6, 6.07) is 12.9. The molecule has 5 rings (SSSR count). The normalized spacial score (nSPS) is 15.6. The van der Waals surface area contributed by atoms with E-state index in [9.17, 15) is 9.59 Å². The van der Waals surface area contributed by atoms with Crippen LogP contribution in [-0.4, -0.2) is 34.7 Å². The SMILES string of the molecule is Cc1noc2nc(-c3ccco3)cc(C(=O)OCC(=O)N3c4ccccc4CCC3C)c12. The Balaban J connectivity index is 1.41. The molecule has 1 amide bonds. The molecule has 3 aromatic heterocycles. The summed E-state index contributed by atoms with van der Waals surface area (Å²) in [5.74, 6) is -0.441. The van der Waals surface area contributed by atoms with Crippen molar-refractivity contribution in [1.82, 2.24) is 10.1 Å². The molecule has 8 heteroatoms. The van der Waals surface area contributed by atoms with Crippen molar-refractivity contribution in [3.63, 3.8) is 0 Å². The molecule has 0 N–H and O–H groups in total. The van der Waals surface area contributed by atoms with Crippen molar-refractivity contribution in [3.05, 3.63) is 65.5 Å². The predicted molar refractivity (Wildman–Crippen MR) is 116 cm³/mol. The number of amides is 1. The zero-order valence-electron chi connectivity index (χ0n) is 17.7. The molecule has 0 saturated heterocycles. The molecule has 0 bridgehead atoms. The largest absolute Gasteiger partial charge is 0.463 e. The minimum absolute atomic E-state index is 0.0228. The van der Waals surface area contributed by atoms with Crippen LogP contribution in [0.15, 0.2) is 57.7 Å². The molecule has 4 heterocycles. The number of para-hydroxylation sites is 1. The standard InChI is InChI=1S/C24H21N3O5/c1-14-9-10-16-6-3-4-7-19(16)27(14)21(28)13-31-24(29)17-12-18(20-8-5-11-30-20)25-23-22(17)15(2)26-32-23/h3-8,11-12,14H,9-10,13H2,1-2H3. The molecular formula is C24H21N3O5. The van der Waals surface area contributed by atoms with Gasteiger partial charge in [0.15, 0.2) is 12.4 Å². The number of pyridine rings is 1. The van der Waals surface area contributed by atoms with E-state index in [0.717, 1.165) is 24.1 Å². The van der Waals surface area contributed by atoms with Gasteiger partial charge in [-0.2, -0.15) is 0 Å². The first kappa shape index (κ1) is 20.0. The van der Waals surface area contributed by atoms with E-state index in [2.05, 4.69) is 10.1 Å². The van der Waals surface area contributed by atoms with Crippen LogP contribution in [0.3, 0.4) is 0 Å². The zero-order valence-corrected chi connectivity index (χ0v) is 17.7. The minimum Gasteiger partial charge on any atom is -0.463 e. The second-order valence-corrected chi connectivity index (χ2v) is 7.84. The highest BCUT2D eigenvalue weighted by atomic mass is 16.5. The van der Waals surface area contributed by atoms with Crippen LogP contribution in [0.4, 0.5) is 5.69 Å². The van der Waals surface area contributed by atoms with Gasteiger partial charge in [-0.1, -0.05) is 23.4 Å². The van der Waals surface area contributed by atoms with Crippen molar-refractivity contribution >= 4 is 28.7 Å². The number of ether oxygens (including phenoxy) is 1. The fourth-order valence-electron chi connectivity index (χ4n) is 4.15. The average Bonchev–Trinajstić information content (AvgIpc) is 3.47. The van der Waals surface area contributed by atoms with Crippen LogP contribution in [0.25, 0.3) is 22.6 Å². The molecular weight excluding hydrogens is 410 g/mol. The van der Waals surface area contributed by atoms with Gasteiger partial charge >= 0.3 is 5.97 Å². The number of esters is 1. The number of hydrogen-bond donors (Lipinski definition) is 0. The Morgan fingerprint density at radius 2 is 2.06 bits per heavy atom. The van der Waals surface area contributed by atoms with E-state index in [0.29, 0.717) is 22.5 Å². The number of fused-ring (bicyclic) bond motifs is 2. The average molecular weight is 431 g/mol. The van der Waals surface area contributed by atoms with Gasteiger partial charge in [0, 0.05) is 11.7 Å². The van der Waals surface area contributed by atoms with Crippen molar-refractivity contribution in [3.8, 4) is 11.5 Å². The number of carbonyl (C=O) groups excluding carboxylic acids is 2. The van der Waals surface area contributed by atoms with Gasteiger partial charge in [0.1, 0.15) is 5.69 Å². The van der Waals surface area contributed by atoms with Gasteiger partial charge in [-0.05, 0) is 56.5 Å². The van der Waals surface area contributed by atoms with Gasteiger partial charge in [-0.3, -0.25) is 4.79 Å². The van der Waals surface area contributed by atoms with Gasteiger partial charge in [0.25, 0.3) is 11.6 Å². The molecule has 32 heavy (non-hydrogen) atoms. The Hall–Kier alpha value is -3.94. The summed E-state index contributed by atoms with van der Waals surface area (Å²) in [5, 5.41) is 4.37. The second-order valence-electron chi connectivity index (χ2n) is 7.84. The van der Waals surface area contributed by atoms with E-state index >= 15 is 0 Å². The highest BCUT2D eigenvalue weighted by Crippen LogP contribution is 2.31. The highest BCUT2D eigenvalue weighted by molar-refractivity contribution is 6.05. The molecule has 1 atom stereocenters. The van der Waals surface area contributed by atoms with Crippen molar-refractivity contribution < 1.29 is 23.3 Å². The molecule has 4 aromatic rings. The van der Waals surface area contributed by atoms with E-state index in [1.54, 1.807) is 30.0 Å². The van der Waals surface area contributed by atoms with Crippen LogP contribution >= 0.6 is 0 Å². The maximum Gasteiger partial charge on any atom is 0.339 e. The van der Waals surface area contributed by atoms with Gasteiger partial charge in [0.05, 0.1) is 22.9 Å². The van der Waals surface area contributed by atoms with Crippen LogP contribution in [0.2, 0.25) is 0 Å². The minimum atomic E-state index is -0.650. The van der Waals surface area contributed by atoms with E-state index in [4.69, 9.17) is 13.7 Å². The number of carbonyl (C=O) groups is 2. The van der Waals surface area contributed by atoms with Crippen molar-refractivity contribution in [2.75, 3.05) is 11.5 Å². The van der Waals surface area contributed by atoms with E-state index in [1.165, 1.54) is 6.26 Å². The molecule has 162 valence electrons. The first-order valence-electron chi connectivity index (χ1n) is 10.4. The van der Waals surface area contributed by atoms with Crippen molar-refractivity contribution in [2.24, 2.45) is 0 Å². The lowest BCUT2D eigenvalue weighted by Crippen LogP contribution is -2.44. The van der Waals surface area contributed by atoms with Gasteiger partial charge in [-0.15, -0.1) is 0 Å². The Morgan fingerprint density at radius 3 is 2.88 bits per heavy atom. The number of nitrogens with zero attached hydrogens (tertiary/aromatic N) is 3. The molecule has 0 spiro atoms. The topological polar surface area (TPSA) is 98.7 Å². The number of benzene rings is 1. The summed E-state index contributed by atoms with van der Waals surface area (Å²) in [4.78, 5) is 32.2. The van der Waals surface area contributed by atoms with Crippen molar-refractivity contribution in [2.45, 2.75) is 32.7 Å². The van der Waals surface area contributed by atoms with Crippen LogP contribution < -0.4 is 4.90 Å². The van der Waals surface area contributed by atoms with Crippen LogP contribution in [-0.2, 0) is 16.0 Å². The van der Waals surface area contributed by atoms with Crippen LogP contribution in [0.5, 0.6) is 0 Å². The maximum absolute atomic E-state index is 13.0. The molecule has 1 aliphatic heterocycles. The monoisotopic (exact) mass is 431 g/mol. The highest BCUT2D eigenvalue weighted by Gasteiger charge is 2.29. The fraction of sp³-hybridized carbons (Fsp3) is 0.250. The molecule has 0 fully saturated rings. The van der Waals surface area contributed by atoms with Crippen molar-refractivity contribution in [1.29, 1.82) is 0 Å². The van der Waals surface area contributed by atoms with E-state index < -0.39 is 5.97 Å². The first-order chi connectivity index (χ1) is 15.5. The number of hydrogen-bond acceptors (Lipinski definition) is 7. The quantitative estimate of drug-likeness (QED) is 0.444. The Kier molecular flexibility index (Phi) is 4.97. The van der Waals surface area contributed by atoms with Crippen LogP contribution in [0.1, 0.15) is 35.0 Å². The second kappa shape index (κ2) is 7.96.